The molecule has 11 heteroatoms. The topological polar surface area (TPSA) is 85.6 Å². The van der Waals surface area contributed by atoms with Crippen LogP contribution < -0.4 is 9.47 Å². The number of halogens is 2. The molecule has 0 aliphatic carbocycles. The van der Waals surface area contributed by atoms with E-state index >= 15 is 0 Å². The zero-order valence-corrected chi connectivity index (χ0v) is 18.2. The van der Waals surface area contributed by atoms with Gasteiger partial charge in [0.1, 0.15) is 11.5 Å². The molecule has 174 valence electrons. The minimum Gasteiger partial charge on any atom is -0.494 e. The predicted octanol–water partition coefficient (Wildman–Crippen LogP) is 2.06. The maximum atomic E-state index is 13.6. The van der Waals surface area contributed by atoms with Crippen molar-refractivity contribution in [2.24, 2.45) is 0 Å². The molecule has 0 atom stereocenters. The lowest BCUT2D eigenvalue weighted by atomic mass is 10.3. The number of hydrogen-bond donors (Lipinski definition) is 0. The lowest BCUT2D eigenvalue weighted by Crippen LogP contribution is -2.49. The van der Waals surface area contributed by atoms with Crippen molar-refractivity contribution in [3.63, 3.8) is 0 Å². The van der Waals surface area contributed by atoms with Gasteiger partial charge in [-0.3, -0.25) is 9.69 Å². The highest BCUT2D eigenvalue weighted by Crippen LogP contribution is 2.18. The normalized spacial score (nSPS) is 14.3. The average Bonchev–Trinajstić information content (AvgIpc) is 3.29. The monoisotopic (exact) mass is 458 g/mol. The van der Waals surface area contributed by atoms with Crippen LogP contribution in [0.5, 0.6) is 11.5 Å². The third kappa shape index (κ3) is 5.61. The Morgan fingerprint density at radius 2 is 1.67 bits per heavy atom. The van der Waals surface area contributed by atoms with Crippen molar-refractivity contribution in [1.29, 1.82) is 0 Å². The highest BCUT2D eigenvalue weighted by Gasteiger charge is 2.23. The molecule has 2 heterocycles. The lowest BCUT2D eigenvalue weighted by Gasteiger charge is -2.34. The average molecular weight is 458 g/mol. The molecule has 0 unspecified atom stereocenters. The SMILES string of the molecule is CCOc1ccc(OCC(=O)N2CCN(Cc3nnnn3-c3ccc(F)c(F)c3)CC2)cc1. The number of rotatable bonds is 8. The molecule has 0 spiro atoms. The number of piperazine rings is 1. The van der Waals surface area contributed by atoms with E-state index < -0.39 is 11.6 Å². The van der Waals surface area contributed by atoms with Crippen LogP contribution in [0.25, 0.3) is 5.69 Å². The summed E-state index contributed by atoms with van der Waals surface area (Å²) in [7, 11) is 0. The van der Waals surface area contributed by atoms with E-state index in [1.807, 2.05) is 6.92 Å². The molecule has 9 nitrogen and oxygen atoms in total. The van der Waals surface area contributed by atoms with Crippen molar-refractivity contribution < 1.29 is 23.0 Å². The number of benzene rings is 2. The first-order chi connectivity index (χ1) is 16.0. The number of nitrogens with zero attached hydrogens (tertiary/aromatic N) is 6. The number of hydrogen-bond acceptors (Lipinski definition) is 7. The van der Waals surface area contributed by atoms with E-state index in [1.54, 1.807) is 29.2 Å². The molecule has 2 aromatic carbocycles. The van der Waals surface area contributed by atoms with Crippen LogP contribution >= 0.6 is 0 Å². The molecule has 1 saturated heterocycles. The van der Waals surface area contributed by atoms with E-state index in [9.17, 15) is 13.6 Å². The number of carbonyl (C=O) groups is 1. The zero-order valence-electron chi connectivity index (χ0n) is 18.2. The summed E-state index contributed by atoms with van der Waals surface area (Å²) in [5, 5.41) is 11.6. The van der Waals surface area contributed by atoms with Gasteiger partial charge < -0.3 is 14.4 Å². The van der Waals surface area contributed by atoms with Crippen molar-refractivity contribution in [3.05, 3.63) is 59.9 Å². The van der Waals surface area contributed by atoms with Gasteiger partial charge in [0, 0.05) is 32.2 Å². The lowest BCUT2D eigenvalue weighted by molar-refractivity contribution is -0.135. The first-order valence-corrected chi connectivity index (χ1v) is 10.6. The van der Waals surface area contributed by atoms with Crippen molar-refractivity contribution in [1.82, 2.24) is 30.0 Å². The smallest absolute Gasteiger partial charge is 0.260 e. The molecule has 3 aromatic rings. The number of aromatic nitrogens is 4. The van der Waals surface area contributed by atoms with E-state index in [-0.39, 0.29) is 12.5 Å². The highest BCUT2D eigenvalue weighted by atomic mass is 19.2. The molecule has 1 aliphatic heterocycles. The number of ether oxygens (including phenoxy) is 2. The summed E-state index contributed by atoms with van der Waals surface area (Å²) < 4.78 is 39.2. The fourth-order valence-electron chi connectivity index (χ4n) is 3.51. The molecular formula is C22H24F2N6O3. The van der Waals surface area contributed by atoms with Gasteiger partial charge in [0.05, 0.1) is 18.8 Å². The summed E-state index contributed by atoms with van der Waals surface area (Å²) in [6, 6.07) is 10.7. The minimum absolute atomic E-state index is 0.0393. The van der Waals surface area contributed by atoms with Crippen molar-refractivity contribution in [2.75, 3.05) is 39.4 Å². The second kappa shape index (κ2) is 10.3. The number of tetrazole rings is 1. The van der Waals surface area contributed by atoms with Gasteiger partial charge in [0.2, 0.25) is 0 Å². The van der Waals surface area contributed by atoms with Gasteiger partial charge in [-0.25, -0.2) is 8.78 Å². The minimum atomic E-state index is -0.964. The maximum Gasteiger partial charge on any atom is 0.260 e. The first kappa shape index (κ1) is 22.6. The molecule has 4 rings (SSSR count). The van der Waals surface area contributed by atoms with Crippen LogP contribution in [0.1, 0.15) is 12.7 Å². The van der Waals surface area contributed by atoms with Crippen LogP contribution in [-0.2, 0) is 11.3 Å². The Morgan fingerprint density at radius 1 is 0.970 bits per heavy atom. The molecule has 1 aromatic heterocycles. The van der Waals surface area contributed by atoms with Gasteiger partial charge in [-0.2, -0.15) is 4.68 Å². The largest absolute Gasteiger partial charge is 0.494 e. The fourth-order valence-corrected chi connectivity index (χ4v) is 3.51. The molecule has 0 bridgehead atoms. The Morgan fingerprint density at radius 3 is 2.33 bits per heavy atom. The predicted molar refractivity (Wildman–Crippen MR) is 114 cm³/mol. The van der Waals surface area contributed by atoms with Crippen LogP contribution in [0.15, 0.2) is 42.5 Å². The van der Waals surface area contributed by atoms with E-state index in [2.05, 4.69) is 20.4 Å². The Hall–Kier alpha value is -3.60. The van der Waals surface area contributed by atoms with Crippen molar-refractivity contribution >= 4 is 5.91 Å². The number of amides is 1. The second-order valence-corrected chi connectivity index (χ2v) is 7.46. The highest BCUT2D eigenvalue weighted by molar-refractivity contribution is 5.77. The Labute approximate surface area is 189 Å². The standard InChI is InChI=1S/C22H24F2N6O3/c1-2-32-17-4-6-18(7-5-17)33-15-22(31)29-11-9-28(10-12-29)14-21-25-26-27-30(21)16-3-8-19(23)20(24)13-16/h3-8,13H,2,9-12,14-15H2,1H3. The van der Waals surface area contributed by atoms with Gasteiger partial charge >= 0.3 is 0 Å². The molecule has 1 aliphatic rings. The summed E-state index contributed by atoms with van der Waals surface area (Å²) in [4.78, 5) is 16.4. The summed E-state index contributed by atoms with van der Waals surface area (Å²) >= 11 is 0. The Bertz CT molecular complexity index is 1080. The van der Waals surface area contributed by atoms with Crippen LogP contribution in [0.3, 0.4) is 0 Å². The molecule has 1 amide bonds. The van der Waals surface area contributed by atoms with Gasteiger partial charge in [-0.05, 0) is 53.7 Å². The summed E-state index contributed by atoms with van der Waals surface area (Å²) in [5.41, 5.74) is 0.342. The first-order valence-electron chi connectivity index (χ1n) is 10.6. The van der Waals surface area contributed by atoms with E-state index in [1.165, 1.54) is 10.7 Å². The summed E-state index contributed by atoms with van der Waals surface area (Å²) in [5.74, 6) is -0.124. The van der Waals surface area contributed by atoms with Crippen LogP contribution in [0.4, 0.5) is 8.78 Å². The molecule has 0 radical (unpaired) electrons. The van der Waals surface area contributed by atoms with Gasteiger partial charge in [0.25, 0.3) is 5.91 Å². The van der Waals surface area contributed by atoms with Crippen molar-refractivity contribution in [2.45, 2.75) is 13.5 Å². The number of carbonyl (C=O) groups excluding carboxylic acids is 1. The zero-order chi connectivity index (χ0) is 23.2. The second-order valence-electron chi connectivity index (χ2n) is 7.46. The summed E-state index contributed by atoms with van der Waals surface area (Å²) in [6.45, 7) is 5.20. The Kier molecular flexibility index (Phi) is 7.08. The third-order valence-corrected chi connectivity index (χ3v) is 5.27. The Balaban J connectivity index is 1.27. The van der Waals surface area contributed by atoms with Gasteiger partial charge in [-0.1, -0.05) is 0 Å². The summed E-state index contributed by atoms with van der Waals surface area (Å²) in [6.07, 6.45) is 0. The molecule has 1 fully saturated rings. The molecule has 33 heavy (non-hydrogen) atoms. The van der Waals surface area contributed by atoms with Gasteiger partial charge in [-0.15, -0.1) is 5.10 Å². The molecular weight excluding hydrogens is 434 g/mol. The van der Waals surface area contributed by atoms with Crippen LogP contribution in [0.2, 0.25) is 0 Å². The van der Waals surface area contributed by atoms with Crippen LogP contribution in [0, 0.1) is 11.6 Å². The quantitative estimate of drug-likeness (QED) is 0.511. The fraction of sp³-hybridized carbons (Fsp3) is 0.364. The van der Waals surface area contributed by atoms with E-state index in [0.29, 0.717) is 56.6 Å². The third-order valence-electron chi connectivity index (χ3n) is 5.27. The van der Waals surface area contributed by atoms with E-state index in [0.717, 1.165) is 17.9 Å². The molecule has 0 saturated carbocycles. The molecule has 0 N–H and O–H groups in total. The van der Waals surface area contributed by atoms with E-state index in [4.69, 9.17) is 9.47 Å². The maximum absolute atomic E-state index is 13.6. The van der Waals surface area contributed by atoms with Crippen molar-refractivity contribution in [3.8, 4) is 17.2 Å². The van der Waals surface area contributed by atoms with Crippen LogP contribution in [-0.4, -0.2) is 75.3 Å². The van der Waals surface area contributed by atoms with Gasteiger partial charge in [0.15, 0.2) is 24.1 Å².